The number of carboxylic acid groups (broad SMARTS) is 1. The Labute approximate surface area is 218 Å². The van der Waals surface area contributed by atoms with Crippen LogP contribution in [0, 0.1) is 45.3 Å². The summed E-state index contributed by atoms with van der Waals surface area (Å²) >= 11 is 0. The standard InChI is InChI=1S/C30H40O7/c1-15(10-17(31)11-16(2)25(35)36)18-12-23(34)29(7)28(18,6)22(33)13-20-27(5)9-8-21(32)26(3,4)19(27)14-24-30(20,29)37-24/h13,15-16,18-19,24H,8-12,14H2,1-7H3,(H,35,36)/t15?,16?,18-,19+,24-,27+,28+,29-,30+/m1/s1. The lowest BCUT2D eigenvalue weighted by Crippen LogP contribution is -2.65. The van der Waals surface area contributed by atoms with Gasteiger partial charge in [0.2, 0.25) is 0 Å². The van der Waals surface area contributed by atoms with Crippen molar-refractivity contribution < 1.29 is 33.8 Å². The third-order valence-electron chi connectivity index (χ3n) is 11.9. The van der Waals surface area contributed by atoms with Gasteiger partial charge in [0.25, 0.3) is 0 Å². The molecule has 0 radical (unpaired) electrons. The lowest BCUT2D eigenvalue weighted by atomic mass is 9.40. The van der Waals surface area contributed by atoms with Gasteiger partial charge in [0, 0.05) is 36.5 Å². The number of rotatable bonds is 6. The van der Waals surface area contributed by atoms with E-state index in [1.807, 2.05) is 34.6 Å². The first kappa shape index (κ1) is 26.5. The van der Waals surface area contributed by atoms with E-state index in [-0.39, 0.29) is 66.3 Å². The van der Waals surface area contributed by atoms with E-state index in [2.05, 4.69) is 6.92 Å². The summed E-state index contributed by atoms with van der Waals surface area (Å²) < 4.78 is 6.56. The largest absolute Gasteiger partial charge is 0.481 e. The molecule has 7 heteroatoms. The van der Waals surface area contributed by atoms with Crippen molar-refractivity contribution in [3.63, 3.8) is 0 Å². The second-order valence-corrected chi connectivity index (χ2v) is 13.8. The predicted molar refractivity (Wildman–Crippen MR) is 134 cm³/mol. The summed E-state index contributed by atoms with van der Waals surface area (Å²) in [6.45, 7) is 13.4. The van der Waals surface area contributed by atoms with Gasteiger partial charge in [-0.05, 0) is 54.6 Å². The minimum Gasteiger partial charge on any atom is -0.481 e. The molecule has 1 aliphatic heterocycles. The second-order valence-electron chi connectivity index (χ2n) is 13.8. The molecule has 0 aromatic carbocycles. The van der Waals surface area contributed by atoms with E-state index < -0.39 is 39.1 Å². The Balaban J connectivity index is 1.53. The Morgan fingerprint density at radius 2 is 1.70 bits per heavy atom. The van der Waals surface area contributed by atoms with Gasteiger partial charge in [0.05, 0.1) is 17.4 Å². The van der Waals surface area contributed by atoms with Crippen LogP contribution in [0.5, 0.6) is 0 Å². The highest BCUT2D eigenvalue weighted by Gasteiger charge is 2.86. The monoisotopic (exact) mass is 512 g/mol. The van der Waals surface area contributed by atoms with Gasteiger partial charge in [-0.1, -0.05) is 41.5 Å². The molecule has 5 aliphatic rings. The van der Waals surface area contributed by atoms with Crippen LogP contribution < -0.4 is 0 Å². The zero-order chi connectivity index (χ0) is 27.5. The topological polar surface area (TPSA) is 118 Å². The summed E-state index contributed by atoms with van der Waals surface area (Å²) in [4.78, 5) is 65.0. The van der Waals surface area contributed by atoms with Gasteiger partial charge in [-0.25, -0.2) is 0 Å². The summed E-state index contributed by atoms with van der Waals surface area (Å²) in [6, 6.07) is 0. The van der Waals surface area contributed by atoms with Gasteiger partial charge < -0.3 is 9.84 Å². The molecule has 1 N–H and O–H groups in total. The fourth-order valence-corrected chi connectivity index (χ4v) is 9.35. The number of aliphatic carboxylic acids is 1. The Bertz CT molecular complexity index is 1160. The van der Waals surface area contributed by atoms with Crippen LogP contribution in [0.4, 0.5) is 0 Å². The molecule has 1 heterocycles. The zero-order valence-electron chi connectivity index (χ0n) is 23.1. The molecule has 9 atom stereocenters. The first-order chi connectivity index (χ1) is 17.0. The highest BCUT2D eigenvalue weighted by molar-refractivity contribution is 6.08. The van der Waals surface area contributed by atoms with Crippen molar-refractivity contribution in [3.8, 4) is 0 Å². The fraction of sp³-hybridized carbons (Fsp3) is 0.767. The number of carboxylic acids is 1. The molecule has 3 saturated carbocycles. The van der Waals surface area contributed by atoms with Crippen molar-refractivity contribution in [2.24, 2.45) is 45.3 Å². The van der Waals surface area contributed by atoms with Crippen molar-refractivity contribution in [1.29, 1.82) is 0 Å². The van der Waals surface area contributed by atoms with Gasteiger partial charge in [0.1, 0.15) is 23.0 Å². The van der Waals surface area contributed by atoms with Crippen LogP contribution in [-0.4, -0.2) is 45.9 Å². The van der Waals surface area contributed by atoms with Crippen LogP contribution in [0.3, 0.4) is 0 Å². The number of carbonyl (C=O) groups is 5. The molecule has 2 unspecified atom stereocenters. The molecule has 202 valence electrons. The predicted octanol–water partition coefficient (Wildman–Crippen LogP) is 4.36. The van der Waals surface area contributed by atoms with E-state index in [4.69, 9.17) is 4.74 Å². The maximum atomic E-state index is 14.2. The maximum absolute atomic E-state index is 14.2. The minimum atomic E-state index is -1.05. The molecule has 7 nitrogen and oxygen atoms in total. The van der Waals surface area contributed by atoms with Crippen molar-refractivity contribution in [2.45, 2.75) is 98.7 Å². The Hall–Kier alpha value is -2.15. The van der Waals surface area contributed by atoms with E-state index in [1.54, 1.807) is 6.08 Å². The first-order valence-electron chi connectivity index (χ1n) is 13.8. The molecule has 1 saturated heterocycles. The third-order valence-corrected chi connectivity index (χ3v) is 11.9. The van der Waals surface area contributed by atoms with Gasteiger partial charge in [0.15, 0.2) is 5.78 Å². The van der Waals surface area contributed by atoms with Crippen LogP contribution in [0.15, 0.2) is 11.6 Å². The average Bonchev–Trinajstić information content (AvgIpc) is 3.49. The van der Waals surface area contributed by atoms with E-state index in [0.717, 1.165) is 5.57 Å². The molecule has 37 heavy (non-hydrogen) atoms. The van der Waals surface area contributed by atoms with Crippen molar-refractivity contribution in [3.05, 3.63) is 11.6 Å². The number of fused-ring (bicyclic) bond motifs is 3. The Kier molecular flexibility index (Phi) is 5.51. The van der Waals surface area contributed by atoms with Crippen LogP contribution in [0.1, 0.15) is 87.0 Å². The van der Waals surface area contributed by atoms with Gasteiger partial charge in [-0.15, -0.1) is 0 Å². The molecule has 4 aliphatic carbocycles. The molecule has 0 amide bonds. The number of hydrogen-bond acceptors (Lipinski definition) is 6. The minimum absolute atomic E-state index is 0.00727. The number of hydrogen-bond donors (Lipinski definition) is 1. The molecule has 1 spiro atoms. The van der Waals surface area contributed by atoms with Crippen LogP contribution in [-0.2, 0) is 28.7 Å². The van der Waals surface area contributed by atoms with Crippen molar-refractivity contribution >= 4 is 29.1 Å². The average molecular weight is 513 g/mol. The van der Waals surface area contributed by atoms with Crippen LogP contribution in [0.25, 0.3) is 0 Å². The summed E-state index contributed by atoms with van der Waals surface area (Å²) in [5.41, 5.74) is -2.95. The highest BCUT2D eigenvalue weighted by atomic mass is 16.6. The second kappa shape index (κ2) is 7.71. The van der Waals surface area contributed by atoms with Crippen LogP contribution in [0.2, 0.25) is 0 Å². The number of ether oxygens (including phenoxy) is 1. The van der Waals surface area contributed by atoms with Crippen LogP contribution >= 0.6 is 0 Å². The van der Waals surface area contributed by atoms with Gasteiger partial charge in [-0.2, -0.15) is 0 Å². The zero-order valence-corrected chi connectivity index (χ0v) is 23.1. The smallest absolute Gasteiger partial charge is 0.306 e. The van der Waals surface area contributed by atoms with Crippen molar-refractivity contribution in [2.75, 3.05) is 0 Å². The Morgan fingerprint density at radius 1 is 1.05 bits per heavy atom. The molecule has 5 rings (SSSR count). The summed E-state index contributed by atoms with van der Waals surface area (Å²) in [5.74, 6) is -2.33. The van der Waals surface area contributed by atoms with Crippen molar-refractivity contribution in [1.82, 2.24) is 0 Å². The number of allylic oxidation sites excluding steroid dienone is 1. The van der Waals surface area contributed by atoms with E-state index >= 15 is 0 Å². The van der Waals surface area contributed by atoms with E-state index in [9.17, 15) is 29.1 Å². The number of carbonyl (C=O) groups excluding carboxylic acids is 4. The number of epoxide rings is 1. The SMILES string of the molecule is CC(CC(=O)CC(C)[C@H]1CC(=O)[C@]2(C)[C@]1(C)C(=O)C=C1[C@@]3(C)CCC(=O)C(C)(C)[C@@H]3C[C@H]3O[C@@]132)C(=O)O. The molecule has 0 aromatic heterocycles. The highest BCUT2D eigenvalue weighted by Crippen LogP contribution is 2.78. The quantitative estimate of drug-likeness (QED) is 0.526. The first-order valence-corrected chi connectivity index (χ1v) is 13.8. The maximum Gasteiger partial charge on any atom is 0.306 e. The molecule has 0 bridgehead atoms. The Morgan fingerprint density at radius 3 is 2.32 bits per heavy atom. The summed E-state index contributed by atoms with van der Waals surface area (Å²) in [6.07, 6.45) is 3.60. The van der Waals surface area contributed by atoms with E-state index in [1.165, 1.54) is 6.92 Å². The number of Topliss-reactive ketones (excluding diaryl/α,β-unsaturated/α-hetero) is 3. The third kappa shape index (κ3) is 3.01. The summed E-state index contributed by atoms with van der Waals surface area (Å²) in [5, 5.41) is 9.19. The molecular formula is C30H40O7. The molecule has 4 fully saturated rings. The summed E-state index contributed by atoms with van der Waals surface area (Å²) in [7, 11) is 0. The van der Waals surface area contributed by atoms with Gasteiger partial charge in [-0.3, -0.25) is 24.0 Å². The van der Waals surface area contributed by atoms with Gasteiger partial charge >= 0.3 is 5.97 Å². The van der Waals surface area contributed by atoms with E-state index in [0.29, 0.717) is 19.3 Å². The normalized spacial score (nSPS) is 45.1. The molecule has 0 aromatic rings. The fourth-order valence-electron chi connectivity index (χ4n) is 9.35. The lowest BCUT2D eigenvalue weighted by Gasteiger charge is -2.59. The lowest BCUT2D eigenvalue weighted by molar-refractivity contribution is -0.151. The number of ketones is 4. The molecular weight excluding hydrogens is 472 g/mol.